The number of carboxylic acid groups (broad SMARTS) is 1. The number of aliphatic carboxylic acids is 1. The highest BCUT2D eigenvalue weighted by Gasteiger charge is 2.26. The van der Waals surface area contributed by atoms with Gasteiger partial charge in [0, 0.05) is 37.8 Å². The molecule has 2 N–H and O–H groups in total. The molecule has 0 spiro atoms. The number of carboxylic acids is 1. The molecule has 0 bridgehead atoms. The zero-order chi connectivity index (χ0) is 16.9. The van der Waals surface area contributed by atoms with E-state index in [-0.39, 0.29) is 18.4 Å². The van der Waals surface area contributed by atoms with E-state index in [1.807, 2.05) is 11.0 Å². The van der Waals surface area contributed by atoms with E-state index in [0.29, 0.717) is 19.4 Å². The lowest BCUT2D eigenvalue weighted by Gasteiger charge is -2.32. The summed E-state index contributed by atoms with van der Waals surface area (Å²) in [5, 5.41) is 19.8. The van der Waals surface area contributed by atoms with Gasteiger partial charge in [0.2, 0.25) is 5.91 Å². The summed E-state index contributed by atoms with van der Waals surface area (Å²) in [5.41, 5.74) is 1.90. The molecule has 8 heteroatoms. The predicted octanol–water partition coefficient (Wildman–Crippen LogP) is 1.03. The number of aromatic nitrogens is 4. The zero-order valence-electron chi connectivity index (χ0n) is 13.4. The Labute approximate surface area is 139 Å². The van der Waals surface area contributed by atoms with E-state index in [1.165, 1.54) is 4.68 Å². The first-order valence-electron chi connectivity index (χ1n) is 8.12. The number of carbonyl (C=O) groups is 2. The Hall–Kier alpha value is -2.64. The molecule has 24 heavy (non-hydrogen) atoms. The number of likely N-dealkylation sites (tertiary alicyclic amines) is 1. The molecule has 128 valence electrons. The largest absolute Gasteiger partial charge is 0.480 e. The van der Waals surface area contributed by atoms with Crippen LogP contribution in [0.4, 0.5) is 0 Å². The number of amides is 1. The Bertz CT molecular complexity index is 694. The van der Waals surface area contributed by atoms with Crippen molar-refractivity contribution in [3.63, 3.8) is 0 Å². The van der Waals surface area contributed by atoms with Crippen molar-refractivity contribution in [3.05, 3.63) is 35.9 Å². The van der Waals surface area contributed by atoms with Crippen LogP contribution in [0.5, 0.6) is 0 Å². The van der Waals surface area contributed by atoms with Crippen LogP contribution in [-0.2, 0) is 22.6 Å². The van der Waals surface area contributed by atoms with Crippen LogP contribution >= 0.6 is 0 Å². The summed E-state index contributed by atoms with van der Waals surface area (Å²) < 4.78 is 1.43. The molecule has 1 saturated heterocycles. The van der Waals surface area contributed by atoms with Crippen molar-refractivity contribution >= 4 is 11.9 Å². The van der Waals surface area contributed by atoms with Gasteiger partial charge in [-0.25, -0.2) is 0 Å². The molecule has 1 aliphatic rings. The molecule has 1 amide bonds. The Balaban J connectivity index is 1.56. The van der Waals surface area contributed by atoms with Crippen LogP contribution < -0.4 is 0 Å². The number of rotatable bonds is 6. The van der Waals surface area contributed by atoms with Crippen molar-refractivity contribution in [1.29, 1.82) is 0 Å². The van der Waals surface area contributed by atoms with Crippen molar-refractivity contribution in [1.82, 2.24) is 24.9 Å². The average molecular weight is 331 g/mol. The van der Waals surface area contributed by atoms with Gasteiger partial charge in [-0.15, -0.1) is 0 Å². The monoisotopic (exact) mass is 331 g/mol. The van der Waals surface area contributed by atoms with Crippen LogP contribution in [0.3, 0.4) is 0 Å². The van der Waals surface area contributed by atoms with Crippen molar-refractivity contribution in [3.8, 4) is 0 Å². The minimum atomic E-state index is -0.913. The van der Waals surface area contributed by atoms with E-state index < -0.39 is 5.97 Å². The molecule has 3 rings (SSSR count). The maximum absolute atomic E-state index is 12.4. The van der Waals surface area contributed by atoms with Crippen molar-refractivity contribution in [2.75, 3.05) is 13.1 Å². The number of hydrogen-bond acceptors (Lipinski definition) is 4. The van der Waals surface area contributed by atoms with Crippen LogP contribution in [0, 0.1) is 0 Å². The van der Waals surface area contributed by atoms with Crippen LogP contribution in [0.2, 0.25) is 0 Å². The second-order valence-electron chi connectivity index (χ2n) is 6.12. The van der Waals surface area contributed by atoms with Crippen molar-refractivity contribution in [2.45, 2.75) is 38.1 Å². The molecule has 1 fully saturated rings. The van der Waals surface area contributed by atoms with E-state index in [1.54, 1.807) is 18.6 Å². The molecule has 2 aromatic heterocycles. The maximum atomic E-state index is 12.4. The Kier molecular flexibility index (Phi) is 4.93. The van der Waals surface area contributed by atoms with Crippen molar-refractivity contribution in [2.24, 2.45) is 0 Å². The van der Waals surface area contributed by atoms with Gasteiger partial charge in [-0.2, -0.15) is 10.2 Å². The fourth-order valence-corrected chi connectivity index (χ4v) is 3.09. The summed E-state index contributed by atoms with van der Waals surface area (Å²) in [7, 11) is 0. The Morgan fingerprint density at radius 1 is 1.42 bits per heavy atom. The van der Waals surface area contributed by atoms with Gasteiger partial charge < -0.3 is 10.0 Å². The molecular weight excluding hydrogens is 310 g/mol. The molecule has 0 radical (unpaired) electrons. The molecule has 1 atom stereocenters. The van der Waals surface area contributed by atoms with Crippen molar-refractivity contribution < 1.29 is 14.7 Å². The molecular formula is C16H21N5O3. The lowest BCUT2D eigenvalue weighted by Crippen LogP contribution is -2.39. The zero-order valence-corrected chi connectivity index (χ0v) is 13.4. The van der Waals surface area contributed by atoms with Crippen LogP contribution in [0.1, 0.15) is 36.4 Å². The number of carbonyl (C=O) groups excluding carboxylic acids is 1. The quantitative estimate of drug-likeness (QED) is 0.823. The highest BCUT2D eigenvalue weighted by atomic mass is 16.4. The first-order chi connectivity index (χ1) is 11.6. The lowest BCUT2D eigenvalue weighted by molar-refractivity contribution is -0.138. The number of nitrogens with one attached hydrogen (secondary N) is 1. The molecule has 1 aliphatic heterocycles. The number of H-pyrrole nitrogens is 1. The molecule has 3 heterocycles. The maximum Gasteiger partial charge on any atom is 0.325 e. The standard InChI is InChI=1S/C16H21N5O3/c22-15(4-3-12-8-17-18-9-12)20-6-1-2-13(10-20)14-5-7-21(19-14)11-16(23)24/h5,7-9,13H,1-4,6,10-11H2,(H,17,18)(H,23,24). The van der Waals surface area contributed by atoms with Gasteiger partial charge in [0.05, 0.1) is 11.9 Å². The van der Waals surface area contributed by atoms with Gasteiger partial charge in [0.25, 0.3) is 0 Å². The van der Waals surface area contributed by atoms with Gasteiger partial charge in [-0.05, 0) is 30.9 Å². The number of nitrogens with zero attached hydrogens (tertiary/aromatic N) is 4. The molecule has 0 saturated carbocycles. The molecule has 8 nitrogen and oxygen atoms in total. The second kappa shape index (κ2) is 7.29. The van der Waals surface area contributed by atoms with Crippen LogP contribution in [0.15, 0.2) is 24.7 Å². The summed E-state index contributed by atoms with van der Waals surface area (Å²) in [5.74, 6) is -0.595. The summed E-state index contributed by atoms with van der Waals surface area (Å²) in [6.45, 7) is 1.28. The third-order valence-corrected chi connectivity index (χ3v) is 4.33. The number of hydrogen-bond donors (Lipinski definition) is 2. The van der Waals surface area contributed by atoms with E-state index >= 15 is 0 Å². The average Bonchev–Trinajstić information content (AvgIpc) is 3.24. The first kappa shape index (κ1) is 16.2. The summed E-state index contributed by atoms with van der Waals surface area (Å²) in [6, 6.07) is 1.85. The number of aryl methyl sites for hydroxylation is 1. The third kappa shape index (κ3) is 4.01. The summed E-state index contributed by atoms with van der Waals surface area (Å²) in [6.07, 6.45) is 8.29. The fourth-order valence-electron chi connectivity index (χ4n) is 3.09. The third-order valence-electron chi connectivity index (χ3n) is 4.33. The normalized spacial score (nSPS) is 17.8. The minimum absolute atomic E-state index is 0.139. The van der Waals surface area contributed by atoms with Crippen LogP contribution in [-0.4, -0.2) is 55.0 Å². The molecule has 0 aromatic carbocycles. The SMILES string of the molecule is O=C(O)Cn1ccc(C2CCCN(C(=O)CCc3cn[nH]c3)C2)n1. The van der Waals surface area contributed by atoms with Gasteiger partial charge in [0.15, 0.2) is 0 Å². The minimum Gasteiger partial charge on any atom is -0.480 e. The van der Waals surface area contributed by atoms with Gasteiger partial charge >= 0.3 is 5.97 Å². The number of aromatic amines is 1. The van der Waals surface area contributed by atoms with E-state index in [2.05, 4.69) is 15.3 Å². The molecule has 1 unspecified atom stereocenters. The van der Waals surface area contributed by atoms with Gasteiger partial charge in [0.1, 0.15) is 6.54 Å². The molecule has 0 aliphatic carbocycles. The van der Waals surface area contributed by atoms with Crippen LogP contribution in [0.25, 0.3) is 0 Å². The topological polar surface area (TPSA) is 104 Å². The van der Waals surface area contributed by atoms with Gasteiger partial charge in [-0.3, -0.25) is 19.4 Å². The Morgan fingerprint density at radius 3 is 3.04 bits per heavy atom. The highest BCUT2D eigenvalue weighted by molar-refractivity contribution is 5.76. The number of piperidine rings is 1. The second-order valence-corrected chi connectivity index (χ2v) is 6.12. The first-order valence-corrected chi connectivity index (χ1v) is 8.12. The lowest BCUT2D eigenvalue weighted by atomic mass is 9.94. The molecule has 2 aromatic rings. The smallest absolute Gasteiger partial charge is 0.325 e. The Morgan fingerprint density at radius 2 is 2.29 bits per heavy atom. The van der Waals surface area contributed by atoms with E-state index in [4.69, 9.17) is 5.11 Å². The summed E-state index contributed by atoms with van der Waals surface area (Å²) >= 11 is 0. The van der Waals surface area contributed by atoms with E-state index in [0.717, 1.165) is 30.6 Å². The van der Waals surface area contributed by atoms with Gasteiger partial charge in [-0.1, -0.05) is 0 Å². The summed E-state index contributed by atoms with van der Waals surface area (Å²) in [4.78, 5) is 25.1. The fraction of sp³-hybridized carbons (Fsp3) is 0.500. The predicted molar refractivity (Wildman–Crippen MR) is 85.3 cm³/mol. The highest BCUT2D eigenvalue weighted by Crippen LogP contribution is 2.26. The van der Waals surface area contributed by atoms with E-state index in [9.17, 15) is 9.59 Å².